The lowest BCUT2D eigenvalue weighted by Crippen LogP contribution is -2.19. The SMILES string of the molecule is CNC(c1cc(C)cc(C)c1)c1ccc(C)cc1C. The van der Waals surface area contributed by atoms with Crippen LogP contribution in [0.3, 0.4) is 0 Å². The van der Waals surface area contributed by atoms with Gasteiger partial charge in [-0.3, -0.25) is 0 Å². The van der Waals surface area contributed by atoms with Crippen molar-refractivity contribution in [2.75, 3.05) is 7.05 Å². The Kier molecular flexibility index (Phi) is 4.06. The molecule has 1 N–H and O–H groups in total. The van der Waals surface area contributed by atoms with Gasteiger partial charge in [-0.2, -0.15) is 0 Å². The second-order valence-corrected chi connectivity index (χ2v) is 5.50. The first-order valence-corrected chi connectivity index (χ1v) is 6.84. The molecule has 0 fully saturated rings. The first-order valence-electron chi connectivity index (χ1n) is 6.84. The zero-order chi connectivity index (χ0) is 14.0. The predicted octanol–water partition coefficient (Wildman–Crippen LogP) is 4.23. The fourth-order valence-electron chi connectivity index (χ4n) is 2.83. The smallest absolute Gasteiger partial charge is 0.0577 e. The third kappa shape index (κ3) is 3.05. The maximum atomic E-state index is 3.45. The van der Waals surface area contributed by atoms with E-state index in [0.29, 0.717) is 0 Å². The van der Waals surface area contributed by atoms with Gasteiger partial charge in [0.25, 0.3) is 0 Å². The van der Waals surface area contributed by atoms with Crippen LogP contribution in [-0.2, 0) is 0 Å². The summed E-state index contributed by atoms with van der Waals surface area (Å²) in [7, 11) is 2.03. The number of hydrogen-bond acceptors (Lipinski definition) is 1. The molecule has 0 heterocycles. The predicted molar refractivity (Wildman–Crippen MR) is 82.7 cm³/mol. The van der Waals surface area contributed by atoms with Gasteiger partial charge in [0.2, 0.25) is 0 Å². The number of hydrogen-bond donors (Lipinski definition) is 1. The molecule has 1 atom stereocenters. The molecule has 0 aliphatic rings. The van der Waals surface area contributed by atoms with Gasteiger partial charge in [0.1, 0.15) is 0 Å². The van der Waals surface area contributed by atoms with Crippen molar-refractivity contribution in [2.24, 2.45) is 0 Å². The minimum atomic E-state index is 0.263. The van der Waals surface area contributed by atoms with Crippen molar-refractivity contribution in [2.45, 2.75) is 33.7 Å². The summed E-state index contributed by atoms with van der Waals surface area (Å²) in [6, 6.07) is 13.7. The van der Waals surface area contributed by atoms with Crippen molar-refractivity contribution in [3.63, 3.8) is 0 Å². The standard InChI is InChI=1S/C18H23N/c1-12-6-7-17(15(4)9-12)18(19-5)16-10-13(2)8-14(3)11-16/h6-11,18-19H,1-5H3. The highest BCUT2D eigenvalue weighted by Gasteiger charge is 2.14. The lowest BCUT2D eigenvalue weighted by molar-refractivity contribution is 0.686. The molecule has 0 spiro atoms. The highest BCUT2D eigenvalue weighted by atomic mass is 14.9. The quantitative estimate of drug-likeness (QED) is 0.863. The van der Waals surface area contributed by atoms with Crippen LogP contribution in [0.1, 0.15) is 39.4 Å². The van der Waals surface area contributed by atoms with Gasteiger partial charge in [-0.15, -0.1) is 0 Å². The van der Waals surface area contributed by atoms with E-state index >= 15 is 0 Å². The van der Waals surface area contributed by atoms with E-state index in [-0.39, 0.29) is 6.04 Å². The Morgan fingerprint density at radius 3 is 1.95 bits per heavy atom. The van der Waals surface area contributed by atoms with Crippen LogP contribution in [0.2, 0.25) is 0 Å². The third-order valence-corrected chi connectivity index (χ3v) is 3.60. The van der Waals surface area contributed by atoms with Crippen molar-refractivity contribution >= 4 is 0 Å². The Balaban J connectivity index is 2.49. The summed E-state index contributed by atoms with van der Waals surface area (Å²) in [4.78, 5) is 0. The number of aryl methyl sites for hydroxylation is 4. The lowest BCUT2D eigenvalue weighted by atomic mass is 9.92. The van der Waals surface area contributed by atoms with Crippen LogP contribution in [0.15, 0.2) is 36.4 Å². The van der Waals surface area contributed by atoms with E-state index in [1.807, 2.05) is 7.05 Å². The van der Waals surface area contributed by atoms with Gasteiger partial charge in [-0.05, 0) is 51.4 Å². The monoisotopic (exact) mass is 253 g/mol. The fourth-order valence-corrected chi connectivity index (χ4v) is 2.83. The Labute approximate surface area is 116 Å². The van der Waals surface area contributed by atoms with Gasteiger partial charge >= 0.3 is 0 Å². The van der Waals surface area contributed by atoms with Crippen LogP contribution >= 0.6 is 0 Å². The summed E-state index contributed by atoms with van der Waals surface area (Å²) < 4.78 is 0. The Bertz CT molecular complexity index is 564. The van der Waals surface area contributed by atoms with Crippen LogP contribution in [0.25, 0.3) is 0 Å². The fraction of sp³-hybridized carbons (Fsp3) is 0.333. The van der Waals surface area contributed by atoms with Crippen molar-refractivity contribution in [3.05, 3.63) is 69.8 Å². The minimum Gasteiger partial charge on any atom is -0.309 e. The molecule has 19 heavy (non-hydrogen) atoms. The molecule has 0 amide bonds. The van der Waals surface area contributed by atoms with E-state index in [1.165, 1.54) is 33.4 Å². The van der Waals surface area contributed by atoms with E-state index < -0.39 is 0 Å². The van der Waals surface area contributed by atoms with Crippen LogP contribution in [-0.4, -0.2) is 7.05 Å². The molecular weight excluding hydrogens is 230 g/mol. The van der Waals surface area contributed by atoms with Gasteiger partial charge in [0.05, 0.1) is 6.04 Å². The van der Waals surface area contributed by atoms with Gasteiger partial charge < -0.3 is 5.32 Å². The zero-order valence-corrected chi connectivity index (χ0v) is 12.5. The summed E-state index contributed by atoms with van der Waals surface area (Å²) in [5.41, 5.74) is 8.00. The molecule has 2 rings (SSSR count). The molecular formula is C18H23N. The van der Waals surface area contributed by atoms with Gasteiger partial charge in [0.15, 0.2) is 0 Å². The Hall–Kier alpha value is -1.60. The Morgan fingerprint density at radius 1 is 0.789 bits per heavy atom. The van der Waals surface area contributed by atoms with E-state index in [0.717, 1.165) is 0 Å². The van der Waals surface area contributed by atoms with Crippen LogP contribution in [0.5, 0.6) is 0 Å². The number of rotatable bonds is 3. The second-order valence-electron chi connectivity index (χ2n) is 5.50. The van der Waals surface area contributed by atoms with Gasteiger partial charge in [-0.1, -0.05) is 53.1 Å². The molecule has 0 bridgehead atoms. The average molecular weight is 253 g/mol. The molecule has 2 aromatic carbocycles. The van der Waals surface area contributed by atoms with E-state index in [1.54, 1.807) is 0 Å². The third-order valence-electron chi connectivity index (χ3n) is 3.60. The molecule has 0 aromatic heterocycles. The molecule has 0 aliphatic heterocycles. The Morgan fingerprint density at radius 2 is 1.42 bits per heavy atom. The highest BCUT2D eigenvalue weighted by Crippen LogP contribution is 2.26. The molecule has 1 unspecified atom stereocenters. The molecule has 2 aromatic rings. The maximum absolute atomic E-state index is 3.45. The molecule has 0 aliphatic carbocycles. The summed E-state index contributed by atoms with van der Waals surface area (Å²) in [6.07, 6.45) is 0. The minimum absolute atomic E-state index is 0.263. The summed E-state index contributed by atoms with van der Waals surface area (Å²) in [6.45, 7) is 8.65. The highest BCUT2D eigenvalue weighted by molar-refractivity contribution is 5.41. The summed E-state index contributed by atoms with van der Waals surface area (Å²) in [5, 5.41) is 3.45. The summed E-state index contributed by atoms with van der Waals surface area (Å²) in [5.74, 6) is 0. The van der Waals surface area contributed by atoms with Gasteiger partial charge in [-0.25, -0.2) is 0 Å². The molecule has 100 valence electrons. The van der Waals surface area contributed by atoms with Crippen molar-refractivity contribution in [1.82, 2.24) is 5.32 Å². The van der Waals surface area contributed by atoms with Crippen molar-refractivity contribution in [3.8, 4) is 0 Å². The largest absolute Gasteiger partial charge is 0.309 e. The summed E-state index contributed by atoms with van der Waals surface area (Å²) >= 11 is 0. The van der Waals surface area contributed by atoms with E-state index in [9.17, 15) is 0 Å². The molecule has 1 heteroatoms. The van der Waals surface area contributed by atoms with E-state index in [4.69, 9.17) is 0 Å². The molecule has 0 saturated heterocycles. The maximum Gasteiger partial charge on any atom is 0.0577 e. The molecule has 0 saturated carbocycles. The molecule has 0 radical (unpaired) electrons. The normalized spacial score (nSPS) is 12.5. The van der Waals surface area contributed by atoms with Gasteiger partial charge in [0, 0.05) is 0 Å². The first kappa shape index (κ1) is 13.8. The lowest BCUT2D eigenvalue weighted by Gasteiger charge is -2.21. The molecule has 1 nitrogen and oxygen atoms in total. The number of benzene rings is 2. The van der Waals surface area contributed by atoms with E-state index in [2.05, 4.69) is 69.4 Å². The first-order chi connectivity index (χ1) is 9.01. The van der Waals surface area contributed by atoms with Crippen LogP contribution in [0.4, 0.5) is 0 Å². The number of nitrogens with one attached hydrogen (secondary N) is 1. The van der Waals surface area contributed by atoms with Crippen molar-refractivity contribution in [1.29, 1.82) is 0 Å². The average Bonchev–Trinajstić information content (AvgIpc) is 2.31. The second kappa shape index (κ2) is 5.58. The van der Waals surface area contributed by atoms with Crippen LogP contribution < -0.4 is 5.32 Å². The zero-order valence-electron chi connectivity index (χ0n) is 12.5. The topological polar surface area (TPSA) is 12.0 Å². The van der Waals surface area contributed by atoms with Crippen molar-refractivity contribution < 1.29 is 0 Å². The van der Waals surface area contributed by atoms with Crippen LogP contribution in [0, 0.1) is 27.7 Å².